The van der Waals surface area contributed by atoms with Crippen LogP contribution in [0.15, 0.2) is 11.7 Å². The molecule has 0 aromatic carbocycles. The van der Waals surface area contributed by atoms with E-state index in [0.717, 1.165) is 0 Å². The van der Waals surface area contributed by atoms with Gasteiger partial charge in [0.15, 0.2) is 12.5 Å². The first-order chi connectivity index (χ1) is 9.38. The third kappa shape index (κ3) is 2.95. The van der Waals surface area contributed by atoms with Crippen LogP contribution in [-0.2, 0) is 0 Å². The second-order valence-electron chi connectivity index (χ2n) is 3.69. The fraction of sp³-hybridized carbons (Fsp3) is 0.750. The highest BCUT2D eigenvalue weighted by Crippen LogP contribution is 2.54. The molecular weight excluding hydrogens is 362 g/mol. The lowest BCUT2D eigenvalue weighted by atomic mass is 9.94. The van der Waals surface area contributed by atoms with Crippen LogP contribution in [0.3, 0.4) is 0 Å². The van der Waals surface area contributed by atoms with E-state index in [-0.39, 0.29) is 0 Å². The van der Waals surface area contributed by atoms with Crippen molar-refractivity contribution in [2.24, 2.45) is 0 Å². The highest BCUT2D eigenvalue weighted by molar-refractivity contribution is 5.27. The summed E-state index contributed by atoms with van der Waals surface area (Å²) >= 11 is 0. The quantitative estimate of drug-likeness (QED) is 0.601. The Morgan fingerprint density at radius 1 is 0.591 bits per heavy atom. The molecule has 22 heavy (non-hydrogen) atoms. The molecule has 0 bridgehead atoms. The molecule has 0 amide bonds. The maximum Gasteiger partial charge on any atom is 0.460 e. The maximum absolute atomic E-state index is 13.2. The van der Waals surface area contributed by atoms with Gasteiger partial charge in [0.25, 0.3) is 0 Å². The van der Waals surface area contributed by atoms with Gasteiger partial charge in [-0.3, -0.25) is 0 Å². The Balaban J connectivity index is 6.51. The molecule has 0 fully saturated rings. The van der Waals surface area contributed by atoms with Gasteiger partial charge in [-0.15, -0.1) is 0 Å². The van der Waals surface area contributed by atoms with E-state index in [1.165, 1.54) is 0 Å². The lowest BCUT2D eigenvalue weighted by Gasteiger charge is -2.33. The smallest absolute Gasteiger partial charge is 0.244 e. The van der Waals surface area contributed by atoms with Gasteiger partial charge in [-0.25, -0.2) is 17.6 Å². The van der Waals surface area contributed by atoms with Crippen molar-refractivity contribution in [2.45, 2.75) is 29.9 Å². The maximum atomic E-state index is 13.2. The summed E-state index contributed by atoms with van der Waals surface area (Å²) in [5, 5.41) is 0. The summed E-state index contributed by atoms with van der Waals surface area (Å²) in [6.45, 7) is -3.67. The minimum Gasteiger partial charge on any atom is -0.244 e. The Morgan fingerprint density at radius 2 is 0.955 bits per heavy atom. The average molecular weight is 364 g/mol. The molecule has 0 aliphatic heterocycles. The molecule has 0 N–H and O–H groups in total. The summed E-state index contributed by atoms with van der Waals surface area (Å²) in [4.78, 5) is 0. The van der Waals surface area contributed by atoms with E-state index >= 15 is 0 Å². The zero-order chi connectivity index (χ0) is 18.4. The van der Waals surface area contributed by atoms with Crippen LogP contribution in [0.1, 0.15) is 0 Å². The van der Waals surface area contributed by atoms with Crippen molar-refractivity contribution in [1.29, 1.82) is 0 Å². The summed E-state index contributed by atoms with van der Waals surface area (Å²) in [6.07, 6.45) is -14.3. The fourth-order valence-corrected chi connectivity index (χ4v) is 0.998. The summed E-state index contributed by atoms with van der Waals surface area (Å²) in [6, 6.07) is 0. The van der Waals surface area contributed by atoms with Crippen molar-refractivity contribution >= 4 is 0 Å². The number of alkyl halides is 12. The Labute approximate surface area is 111 Å². The molecule has 0 aromatic rings. The topological polar surface area (TPSA) is 0 Å². The Morgan fingerprint density at radius 3 is 1.18 bits per heavy atom. The summed E-state index contributed by atoms with van der Waals surface area (Å²) in [5.74, 6) is -23.2. The molecule has 0 aliphatic rings. The van der Waals surface area contributed by atoms with Gasteiger partial charge in [-0.05, 0) is 0 Å². The highest BCUT2D eigenvalue weighted by Gasteiger charge is 2.77. The van der Waals surface area contributed by atoms with Crippen molar-refractivity contribution in [3.8, 4) is 0 Å². The minimum absolute atomic E-state index is 3.67. The molecule has 0 heterocycles. The van der Waals surface area contributed by atoms with Gasteiger partial charge in [0.1, 0.15) is 0 Å². The lowest BCUT2D eigenvalue weighted by Crippen LogP contribution is -2.58. The first kappa shape index (κ1) is 20.8. The van der Waals surface area contributed by atoms with Gasteiger partial charge in [0.2, 0.25) is 5.83 Å². The largest absolute Gasteiger partial charge is 0.460 e. The molecule has 0 radical (unpaired) electrons. The third-order valence-corrected chi connectivity index (χ3v) is 2.19. The summed E-state index contributed by atoms with van der Waals surface area (Å²) in [7, 11) is 0. The highest BCUT2D eigenvalue weighted by atomic mass is 19.4. The first-order valence-corrected chi connectivity index (χ1v) is 4.58. The number of hydrogen-bond donors (Lipinski definition) is 0. The van der Waals surface area contributed by atoms with Gasteiger partial charge in [0, 0.05) is 0 Å². The molecule has 0 rings (SSSR count). The SMILES string of the molecule is FCC(F)(F)C(F)(C(F)=C(F)C(F)(F)C(F)(F)F)C(F)(F)F. The zero-order valence-electron chi connectivity index (χ0n) is 9.50. The van der Waals surface area contributed by atoms with E-state index in [1.807, 2.05) is 0 Å². The Bertz CT molecular complexity index is 439. The first-order valence-electron chi connectivity index (χ1n) is 4.58. The van der Waals surface area contributed by atoms with E-state index in [4.69, 9.17) is 0 Å². The van der Waals surface area contributed by atoms with Crippen LogP contribution in [0.5, 0.6) is 0 Å². The van der Waals surface area contributed by atoms with Gasteiger partial charge in [-0.1, -0.05) is 0 Å². The van der Waals surface area contributed by atoms with Crippen molar-refractivity contribution < 1.29 is 61.5 Å². The fourth-order valence-electron chi connectivity index (χ4n) is 0.998. The van der Waals surface area contributed by atoms with Crippen LogP contribution < -0.4 is 0 Å². The van der Waals surface area contributed by atoms with Crippen LogP contribution in [0.25, 0.3) is 0 Å². The molecule has 14 heteroatoms. The van der Waals surface area contributed by atoms with Crippen molar-refractivity contribution in [3.63, 3.8) is 0 Å². The van der Waals surface area contributed by atoms with Gasteiger partial charge >= 0.3 is 29.9 Å². The molecule has 0 saturated carbocycles. The molecule has 0 spiro atoms. The van der Waals surface area contributed by atoms with E-state index < -0.39 is 48.2 Å². The Hall–Kier alpha value is -1.24. The average Bonchev–Trinajstić information content (AvgIpc) is 2.32. The summed E-state index contributed by atoms with van der Waals surface area (Å²) < 4.78 is 171. The van der Waals surface area contributed by atoms with E-state index in [2.05, 4.69) is 0 Å². The molecule has 0 saturated heterocycles. The van der Waals surface area contributed by atoms with Gasteiger partial charge in [0.05, 0.1) is 0 Å². The number of rotatable bonds is 4. The zero-order valence-corrected chi connectivity index (χ0v) is 9.50. The van der Waals surface area contributed by atoms with E-state index in [1.54, 1.807) is 0 Å². The van der Waals surface area contributed by atoms with Crippen molar-refractivity contribution in [1.82, 2.24) is 0 Å². The lowest BCUT2D eigenvalue weighted by molar-refractivity contribution is -0.300. The molecule has 0 aromatic heterocycles. The predicted octanol–water partition coefficient (Wildman–Crippen LogP) is 5.21. The standard InChI is InChI=1S/C8H2F14/c9-1-4(12,13)5(14,7(17,18)19)2(10)3(11)6(15,16)8(20,21)22/h1H2. The second kappa shape index (κ2) is 5.44. The predicted molar refractivity (Wildman–Crippen MR) is 41.1 cm³/mol. The number of allylic oxidation sites excluding steroid dienone is 2. The second-order valence-corrected chi connectivity index (χ2v) is 3.69. The normalized spacial score (nSPS) is 18.8. The third-order valence-electron chi connectivity index (χ3n) is 2.19. The molecule has 132 valence electrons. The molecule has 0 nitrogen and oxygen atoms in total. The number of halogens is 14. The number of hydrogen-bond acceptors (Lipinski definition) is 0. The van der Waals surface area contributed by atoms with Crippen LogP contribution in [-0.4, -0.2) is 36.5 Å². The summed E-state index contributed by atoms with van der Waals surface area (Å²) in [5.41, 5.74) is -7.06. The molecule has 1 unspecified atom stereocenters. The monoisotopic (exact) mass is 364 g/mol. The van der Waals surface area contributed by atoms with Gasteiger partial charge < -0.3 is 0 Å². The van der Waals surface area contributed by atoms with Crippen LogP contribution >= 0.6 is 0 Å². The Kier molecular flexibility index (Phi) is 5.13. The van der Waals surface area contributed by atoms with E-state index in [9.17, 15) is 61.5 Å². The molecule has 0 aliphatic carbocycles. The van der Waals surface area contributed by atoms with Crippen LogP contribution in [0.2, 0.25) is 0 Å². The minimum atomic E-state index is -7.24. The van der Waals surface area contributed by atoms with Crippen molar-refractivity contribution in [3.05, 3.63) is 11.7 Å². The van der Waals surface area contributed by atoms with Crippen LogP contribution in [0, 0.1) is 0 Å². The molecular formula is C8H2F14. The van der Waals surface area contributed by atoms with E-state index in [0.29, 0.717) is 0 Å². The van der Waals surface area contributed by atoms with Crippen molar-refractivity contribution in [2.75, 3.05) is 6.67 Å². The van der Waals surface area contributed by atoms with Gasteiger partial charge in [-0.2, -0.15) is 43.9 Å². The van der Waals surface area contributed by atoms with Crippen LogP contribution in [0.4, 0.5) is 61.5 Å². The molecule has 1 atom stereocenters.